The fraction of sp³-hybridized carbons (Fsp3) is 0.636. The predicted octanol–water partition coefficient (Wildman–Crippen LogP) is 1.76. The third-order valence-electron chi connectivity index (χ3n) is 3.38. The minimum Gasteiger partial charge on any atom is -0.398 e. The fourth-order valence-electron chi connectivity index (χ4n) is 1.60. The maximum atomic E-state index is 14.0. The first kappa shape index (κ1) is 13.2. The first-order valence-corrected chi connectivity index (χ1v) is 5.80. The Morgan fingerprint density at radius 2 is 1.89 bits per heavy atom. The van der Waals surface area contributed by atoms with Crippen molar-refractivity contribution in [2.75, 3.05) is 0 Å². The SMILES string of the molecule is Cn1cc(C=C(F)B2OC(C)(C)C(C)(C)O2)nn1. The molecule has 0 bridgehead atoms. The van der Waals surface area contributed by atoms with Gasteiger partial charge in [-0.15, -0.1) is 5.10 Å². The van der Waals surface area contributed by atoms with E-state index in [1.54, 1.807) is 13.2 Å². The van der Waals surface area contributed by atoms with Crippen molar-refractivity contribution in [2.45, 2.75) is 38.9 Å². The van der Waals surface area contributed by atoms with Gasteiger partial charge in [0, 0.05) is 7.05 Å². The molecule has 0 atom stereocenters. The highest BCUT2D eigenvalue weighted by Gasteiger charge is 2.53. The van der Waals surface area contributed by atoms with Gasteiger partial charge in [0.15, 0.2) is 0 Å². The van der Waals surface area contributed by atoms with E-state index in [4.69, 9.17) is 9.31 Å². The van der Waals surface area contributed by atoms with Crippen LogP contribution in [0.25, 0.3) is 6.08 Å². The van der Waals surface area contributed by atoms with Crippen molar-refractivity contribution in [3.8, 4) is 0 Å². The third kappa shape index (κ3) is 2.33. The van der Waals surface area contributed by atoms with Gasteiger partial charge in [0.25, 0.3) is 0 Å². The molecule has 0 spiro atoms. The molecule has 18 heavy (non-hydrogen) atoms. The third-order valence-corrected chi connectivity index (χ3v) is 3.38. The fourth-order valence-corrected chi connectivity index (χ4v) is 1.60. The van der Waals surface area contributed by atoms with E-state index in [9.17, 15) is 4.39 Å². The first-order chi connectivity index (χ1) is 8.21. The minimum absolute atomic E-state index is 0.435. The Labute approximate surface area is 106 Å². The second kappa shape index (κ2) is 4.17. The quantitative estimate of drug-likeness (QED) is 0.753. The molecule has 0 unspecified atom stereocenters. The molecular weight excluding hydrogens is 236 g/mol. The molecule has 0 saturated carbocycles. The van der Waals surface area contributed by atoms with E-state index in [0.717, 1.165) is 0 Å². The van der Waals surface area contributed by atoms with Crippen molar-refractivity contribution in [1.82, 2.24) is 15.0 Å². The van der Waals surface area contributed by atoms with E-state index in [-0.39, 0.29) is 0 Å². The largest absolute Gasteiger partial charge is 0.525 e. The molecule has 0 aliphatic carbocycles. The molecule has 1 fully saturated rings. The summed E-state index contributed by atoms with van der Waals surface area (Å²) in [6.45, 7) is 7.51. The standard InChI is InChI=1S/C11H17BFN3O2/c1-10(2)11(3,4)18-12(17-10)9(13)6-8-7-16(5)15-14-8/h6-7H,1-5H3. The first-order valence-electron chi connectivity index (χ1n) is 5.80. The molecule has 1 aromatic rings. The average Bonchev–Trinajstić information content (AvgIpc) is 2.70. The normalized spacial score (nSPS) is 22.6. The monoisotopic (exact) mass is 253 g/mol. The molecule has 2 heterocycles. The number of aryl methyl sites for hydroxylation is 1. The lowest BCUT2D eigenvalue weighted by Crippen LogP contribution is -2.41. The highest BCUT2D eigenvalue weighted by Crippen LogP contribution is 2.38. The van der Waals surface area contributed by atoms with Crippen LogP contribution in [0, 0.1) is 0 Å². The molecule has 0 N–H and O–H groups in total. The van der Waals surface area contributed by atoms with Gasteiger partial charge < -0.3 is 9.31 Å². The molecule has 0 radical (unpaired) electrons. The molecule has 1 aliphatic heterocycles. The molecular formula is C11H17BFN3O2. The molecule has 7 heteroatoms. The number of halogens is 1. The van der Waals surface area contributed by atoms with E-state index in [0.29, 0.717) is 5.69 Å². The maximum Gasteiger partial charge on any atom is 0.525 e. The summed E-state index contributed by atoms with van der Waals surface area (Å²) in [7, 11) is 0.730. The van der Waals surface area contributed by atoms with Gasteiger partial charge in [-0.25, -0.2) is 4.39 Å². The van der Waals surface area contributed by atoms with Crippen molar-refractivity contribution >= 4 is 13.2 Å². The van der Waals surface area contributed by atoms with E-state index in [1.165, 1.54) is 10.8 Å². The molecule has 98 valence electrons. The van der Waals surface area contributed by atoms with Crippen LogP contribution >= 0.6 is 0 Å². The van der Waals surface area contributed by atoms with Crippen LogP contribution < -0.4 is 0 Å². The Bertz CT molecular complexity index is 468. The summed E-state index contributed by atoms with van der Waals surface area (Å²) in [5, 5.41) is 7.51. The van der Waals surface area contributed by atoms with Gasteiger partial charge in [0.2, 0.25) is 0 Å². The Balaban J connectivity index is 2.17. The van der Waals surface area contributed by atoms with Crippen LogP contribution in [0.15, 0.2) is 11.9 Å². The van der Waals surface area contributed by atoms with E-state index in [2.05, 4.69) is 10.3 Å². The van der Waals surface area contributed by atoms with Crippen LogP contribution in [0.2, 0.25) is 0 Å². The summed E-state index contributed by atoms with van der Waals surface area (Å²) in [6, 6.07) is 0. The highest BCUT2D eigenvalue weighted by atomic mass is 19.1. The smallest absolute Gasteiger partial charge is 0.398 e. The van der Waals surface area contributed by atoms with Crippen LogP contribution in [-0.2, 0) is 16.4 Å². The zero-order valence-corrected chi connectivity index (χ0v) is 11.3. The summed E-state index contributed by atoms with van der Waals surface area (Å²) >= 11 is 0. The van der Waals surface area contributed by atoms with Crippen molar-refractivity contribution < 1.29 is 13.7 Å². The summed E-state index contributed by atoms with van der Waals surface area (Å²) in [5.41, 5.74) is -1.17. The number of rotatable bonds is 2. The Morgan fingerprint density at radius 1 is 1.33 bits per heavy atom. The lowest BCUT2D eigenvalue weighted by molar-refractivity contribution is 0.00578. The lowest BCUT2D eigenvalue weighted by Gasteiger charge is -2.32. The second-order valence-electron chi connectivity index (χ2n) is 5.43. The molecule has 1 aliphatic rings. The van der Waals surface area contributed by atoms with Gasteiger partial charge in [0.1, 0.15) is 11.4 Å². The van der Waals surface area contributed by atoms with Crippen molar-refractivity contribution in [2.24, 2.45) is 7.05 Å². The molecule has 5 nitrogen and oxygen atoms in total. The number of nitrogens with zero attached hydrogens (tertiary/aromatic N) is 3. The van der Waals surface area contributed by atoms with Gasteiger partial charge in [-0.1, -0.05) is 5.21 Å². The van der Waals surface area contributed by atoms with Gasteiger partial charge in [0.05, 0.1) is 17.4 Å². The van der Waals surface area contributed by atoms with Crippen molar-refractivity contribution in [1.29, 1.82) is 0 Å². The average molecular weight is 253 g/mol. The lowest BCUT2D eigenvalue weighted by atomic mass is 9.87. The molecule has 1 saturated heterocycles. The van der Waals surface area contributed by atoms with Crippen LogP contribution in [0.5, 0.6) is 0 Å². The second-order valence-corrected chi connectivity index (χ2v) is 5.43. The van der Waals surface area contributed by atoms with Gasteiger partial charge in [-0.05, 0) is 33.8 Å². The number of hydrogen-bond acceptors (Lipinski definition) is 4. The molecule has 0 amide bonds. The Morgan fingerprint density at radius 3 is 2.33 bits per heavy atom. The van der Waals surface area contributed by atoms with Crippen LogP contribution in [-0.4, -0.2) is 33.3 Å². The van der Waals surface area contributed by atoms with Crippen molar-refractivity contribution in [3.63, 3.8) is 0 Å². The zero-order valence-electron chi connectivity index (χ0n) is 11.3. The van der Waals surface area contributed by atoms with Gasteiger partial charge >= 0.3 is 7.12 Å². The Kier molecular flexibility index (Phi) is 3.07. The van der Waals surface area contributed by atoms with Crippen LogP contribution in [0.4, 0.5) is 4.39 Å². The van der Waals surface area contributed by atoms with Gasteiger partial charge in [-0.3, -0.25) is 4.68 Å². The summed E-state index contributed by atoms with van der Waals surface area (Å²) in [6.07, 6.45) is 2.89. The summed E-state index contributed by atoms with van der Waals surface area (Å²) in [5.74, 6) is 0. The number of hydrogen-bond donors (Lipinski definition) is 0. The minimum atomic E-state index is -0.989. The van der Waals surface area contributed by atoms with Crippen LogP contribution in [0.1, 0.15) is 33.4 Å². The predicted molar refractivity (Wildman–Crippen MR) is 66.2 cm³/mol. The Hall–Kier alpha value is -1.21. The number of aromatic nitrogens is 3. The van der Waals surface area contributed by atoms with E-state index < -0.39 is 24.0 Å². The molecule has 1 aromatic heterocycles. The maximum absolute atomic E-state index is 14.0. The molecule has 2 rings (SSSR count). The topological polar surface area (TPSA) is 49.2 Å². The van der Waals surface area contributed by atoms with Crippen molar-refractivity contribution in [3.05, 3.63) is 17.6 Å². The van der Waals surface area contributed by atoms with E-state index >= 15 is 0 Å². The van der Waals surface area contributed by atoms with Crippen LogP contribution in [0.3, 0.4) is 0 Å². The highest BCUT2D eigenvalue weighted by molar-refractivity contribution is 6.54. The zero-order chi connectivity index (χ0) is 13.6. The summed E-state index contributed by atoms with van der Waals surface area (Å²) < 4.78 is 26.7. The molecule has 0 aromatic carbocycles. The van der Waals surface area contributed by atoms with Gasteiger partial charge in [-0.2, -0.15) is 0 Å². The summed E-state index contributed by atoms with van der Waals surface area (Å²) in [4.78, 5) is 0. The van der Waals surface area contributed by atoms with E-state index in [1.807, 2.05) is 27.7 Å².